The fraction of sp³-hybridized carbons (Fsp3) is 0.389. The lowest BCUT2D eigenvalue weighted by atomic mass is 9.93. The highest BCUT2D eigenvalue weighted by Gasteiger charge is 2.21. The van der Waals surface area contributed by atoms with Crippen molar-refractivity contribution in [1.29, 1.82) is 0 Å². The zero-order chi connectivity index (χ0) is 21.1. The molecule has 1 aromatic carbocycles. The van der Waals surface area contributed by atoms with Crippen molar-refractivity contribution < 1.29 is 22.5 Å². The van der Waals surface area contributed by atoms with E-state index in [9.17, 15) is 18.0 Å². The molecule has 0 saturated heterocycles. The highest BCUT2D eigenvalue weighted by molar-refractivity contribution is 7.89. The maximum atomic E-state index is 12.3. The van der Waals surface area contributed by atoms with E-state index in [1.807, 2.05) is 20.8 Å². The normalized spacial score (nSPS) is 12.1. The number of amides is 2. The van der Waals surface area contributed by atoms with Gasteiger partial charge >= 0.3 is 0 Å². The van der Waals surface area contributed by atoms with Crippen LogP contribution in [0.4, 0.5) is 5.82 Å². The second kappa shape index (κ2) is 8.11. The summed E-state index contributed by atoms with van der Waals surface area (Å²) in [4.78, 5) is 24.3. The molecule has 0 unspecified atom stereocenters. The Balaban J connectivity index is 1.99. The molecule has 2 rings (SSSR count). The van der Waals surface area contributed by atoms with Crippen molar-refractivity contribution in [2.75, 3.05) is 26.0 Å². The summed E-state index contributed by atoms with van der Waals surface area (Å²) in [5.74, 6) is -0.185. The van der Waals surface area contributed by atoms with E-state index >= 15 is 0 Å². The molecule has 0 aliphatic heterocycles. The summed E-state index contributed by atoms with van der Waals surface area (Å²) in [5, 5.41) is 8.75. The maximum Gasteiger partial charge on any atom is 0.251 e. The van der Waals surface area contributed by atoms with Crippen LogP contribution in [0.2, 0.25) is 0 Å². The van der Waals surface area contributed by atoms with Crippen LogP contribution in [0.15, 0.2) is 39.8 Å². The van der Waals surface area contributed by atoms with Crippen LogP contribution in [0.3, 0.4) is 0 Å². The number of hydrogen-bond acceptors (Lipinski definition) is 6. The van der Waals surface area contributed by atoms with Gasteiger partial charge in [0, 0.05) is 31.1 Å². The monoisotopic (exact) mass is 408 g/mol. The molecule has 0 radical (unpaired) electrons. The van der Waals surface area contributed by atoms with Crippen molar-refractivity contribution in [3.8, 4) is 0 Å². The number of hydrogen-bond donors (Lipinski definition) is 2. The standard InChI is InChI=1S/C18H24N4O5S/c1-18(2,3)14-10-15(21-27-14)20-16(23)11-19-17(24)12-7-6-8-13(9-12)28(25,26)22(4)5/h6-10H,11H2,1-5H3,(H,19,24)(H,20,21,23). The van der Waals surface area contributed by atoms with Crippen LogP contribution in [0.5, 0.6) is 0 Å². The van der Waals surface area contributed by atoms with Gasteiger partial charge in [-0.05, 0) is 18.2 Å². The first kappa shape index (κ1) is 21.6. The van der Waals surface area contributed by atoms with Crippen LogP contribution >= 0.6 is 0 Å². The molecule has 0 aliphatic carbocycles. The van der Waals surface area contributed by atoms with Crippen molar-refractivity contribution in [1.82, 2.24) is 14.8 Å². The number of benzene rings is 1. The molecule has 1 heterocycles. The van der Waals surface area contributed by atoms with Crippen molar-refractivity contribution in [2.24, 2.45) is 0 Å². The smallest absolute Gasteiger partial charge is 0.251 e. The van der Waals surface area contributed by atoms with Crippen LogP contribution in [-0.4, -0.2) is 50.3 Å². The Morgan fingerprint density at radius 3 is 2.43 bits per heavy atom. The van der Waals surface area contributed by atoms with Gasteiger partial charge < -0.3 is 15.2 Å². The summed E-state index contributed by atoms with van der Waals surface area (Å²) >= 11 is 0. The molecule has 28 heavy (non-hydrogen) atoms. The number of anilines is 1. The summed E-state index contributed by atoms with van der Waals surface area (Å²) in [6, 6.07) is 7.21. The maximum absolute atomic E-state index is 12.3. The minimum atomic E-state index is -3.66. The highest BCUT2D eigenvalue weighted by Crippen LogP contribution is 2.24. The molecule has 9 nitrogen and oxygen atoms in total. The summed E-state index contributed by atoms with van der Waals surface area (Å²) in [6.45, 7) is 5.54. The molecule has 152 valence electrons. The number of sulfonamides is 1. The van der Waals surface area contributed by atoms with Gasteiger partial charge in [0.1, 0.15) is 5.76 Å². The van der Waals surface area contributed by atoms with Crippen LogP contribution in [0.1, 0.15) is 36.9 Å². The van der Waals surface area contributed by atoms with E-state index in [1.54, 1.807) is 6.07 Å². The van der Waals surface area contributed by atoms with Crippen molar-refractivity contribution in [3.05, 3.63) is 41.7 Å². The van der Waals surface area contributed by atoms with Gasteiger partial charge in [-0.2, -0.15) is 0 Å². The summed E-state index contributed by atoms with van der Waals surface area (Å²) in [6.07, 6.45) is 0. The van der Waals surface area contributed by atoms with Gasteiger partial charge in [-0.1, -0.05) is 32.0 Å². The van der Waals surface area contributed by atoms with Gasteiger partial charge in [0.15, 0.2) is 5.82 Å². The zero-order valence-electron chi connectivity index (χ0n) is 16.4. The zero-order valence-corrected chi connectivity index (χ0v) is 17.3. The largest absolute Gasteiger partial charge is 0.359 e. The second-order valence-electron chi connectivity index (χ2n) is 7.37. The van der Waals surface area contributed by atoms with Gasteiger partial charge in [0.25, 0.3) is 5.91 Å². The van der Waals surface area contributed by atoms with E-state index < -0.39 is 21.8 Å². The average Bonchev–Trinajstić information content (AvgIpc) is 3.08. The lowest BCUT2D eigenvalue weighted by Gasteiger charge is -2.12. The van der Waals surface area contributed by atoms with Crippen LogP contribution in [-0.2, 0) is 20.2 Å². The lowest BCUT2D eigenvalue weighted by molar-refractivity contribution is -0.115. The third-order valence-electron chi connectivity index (χ3n) is 3.80. The molecule has 2 N–H and O–H groups in total. The average molecular weight is 408 g/mol. The third-order valence-corrected chi connectivity index (χ3v) is 5.61. The molecule has 0 fully saturated rings. The predicted octanol–water partition coefficient (Wildman–Crippen LogP) is 1.59. The summed E-state index contributed by atoms with van der Waals surface area (Å²) in [7, 11) is -0.851. The minimum absolute atomic E-state index is 0.00749. The predicted molar refractivity (Wildman–Crippen MR) is 103 cm³/mol. The third kappa shape index (κ3) is 5.17. The first-order chi connectivity index (χ1) is 12.9. The molecule has 0 saturated carbocycles. The van der Waals surface area contributed by atoms with Crippen LogP contribution in [0, 0.1) is 0 Å². The van der Waals surface area contributed by atoms with Gasteiger partial charge in [-0.3, -0.25) is 9.59 Å². The Labute approximate surface area is 164 Å². The van der Waals surface area contributed by atoms with Gasteiger partial charge in [-0.25, -0.2) is 12.7 Å². The minimum Gasteiger partial charge on any atom is -0.359 e. The van der Waals surface area contributed by atoms with E-state index in [0.717, 1.165) is 4.31 Å². The molecular weight excluding hydrogens is 384 g/mol. The lowest BCUT2D eigenvalue weighted by Crippen LogP contribution is -2.33. The van der Waals surface area contributed by atoms with Gasteiger partial charge in [-0.15, -0.1) is 0 Å². The van der Waals surface area contributed by atoms with E-state index in [-0.39, 0.29) is 28.2 Å². The second-order valence-corrected chi connectivity index (χ2v) is 9.52. The summed E-state index contributed by atoms with van der Waals surface area (Å²) in [5.41, 5.74) is -0.116. The SMILES string of the molecule is CN(C)S(=O)(=O)c1cccc(C(=O)NCC(=O)Nc2cc(C(C)(C)C)on2)c1. The molecule has 0 atom stereocenters. The molecule has 10 heteroatoms. The Bertz CT molecular complexity index is 974. The van der Waals surface area contributed by atoms with E-state index in [4.69, 9.17) is 4.52 Å². The van der Waals surface area contributed by atoms with E-state index in [2.05, 4.69) is 15.8 Å². The molecular formula is C18H24N4O5S. The number of rotatable bonds is 6. The molecule has 2 amide bonds. The topological polar surface area (TPSA) is 122 Å². The molecule has 2 aromatic rings. The molecule has 0 spiro atoms. The van der Waals surface area contributed by atoms with Crippen molar-refractivity contribution in [3.63, 3.8) is 0 Å². The first-order valence-corrected chi connectivity index (χ1v) is 9.93. The van der Waals surface area contributed by atoms with E-state index in [1.165, 1.54) is 38.4 Å². The quantitative estimate of drug-likeness (QED) is 0.749. The number of carbonyl (C=O) groups is 2. The van der Waals surface area contributed by atoms with Crippen molar-refractivity contribution >= 4 is 27.7 Å². The van der Waals surface area contributed by atoms with Crippen molar-refractivity contribution in [2.45, 2.75) is 31.1 Å². The Morgan fingerprint density at radius 2 is 1.86 bits per heavy atom. The fourth-order valence-corrected chi connectivity index (χ4v) is 3.09. The number of nitrogens with one attached hydrogen (secondary N) is 2. The Morgan fingerprint density at radius 1 is 1.18 bits per heavy atom. The Hall–Kier alpha value is -2.72. The number of nitrogens with zero attached hydrogens (tertiary/aromatic N) is 2. The molecule has 0 bridgehead atoms. The Kier molecular flexibility index (Phi) is 6.25. The van der Waals surface area contributed by atoms with Gasteiger partial charge in [0.05, 0.1) is 11.4 Å². The summed E-state index contributed by atoms with van der Waals surface area (Å²) < 4.78 is 30.6. The van der Waals surface area contributed by atoms with Gasteiger partial charge in [0.2, 0.25) is 15.9 Å². The van der Waals surface area contributed by atoms with Crippen LogP contribution < -0.4 is 10.6 Å². The molecule has 0 aliphatic rings. The van der Waals surface area contributed by atoms with Crippen LogP contribution in [0.25, 0.3) is 0 Å². The number of aromatic nitrogens is 1. The van der Waals surface area contributed by atoms with E-state index in [0.29, 0.717) is 5.76 Å². The first-order valence-electron chi connectivity index (χ1n) is 8.49. The number of carbonyl (C=O) groups excluding carboxylic acids is 2. The molecule has 1 aromatic heterocycles. The highest BCUT2D eigenvalue weighted by atomic mass is 32.2. The fourth-order valence-electron chi connectivity index (χ4n) is 2.15.